The molecule has 0 radical (unpaired) electrons. The molecular formula is C16H34O. The van der Waals surface area contributed by atoms with E-state index in [2.05, 4.69) is 27.7 Å². The molecule has 1 heteroatoms. The van der Waals surface area contributed by atoms with Gasteiger partial charge in [0, 0.05) is 0 Å². The van der Waals surface area contributed by atoms with Crippen molar-refractivity contribution in [2.24, 2.45) is 17.8 Å². The van der Waals surface area contributed by atoms with Gasteiger partial charge in [0.25, 0.3) is 0 Å². The largest absolute Gasteiger partial charge is 0.393 e. The monoisotopic (exact) mass is 242 g/mol. The van der Waals surface area contributed by atoms with E-state index < -0.39 is 0 Å². The zero-order valence-electron chi connectivity index (χ0n) is 12.7. The van der Waals surface area contributed by atoms with Gasteiger partial charge in [0.05, 0.1) is 6.10 Å². The van der Waals surface area contributed by atoms with Crippen LogP contribution in [0, 0.1) is 17.8 Å². The van der Waals surface area contributed by atoms with Crippen LogP contribution in [0.25, 0.3) is 0 Å². The van der Waals surface area contributed by atoms with Crippen LogP contribution in [0.15, 0.2) is 0 Å². The molecule has 1 N–H and O–H groups in total. The Hall–Kier alpha value is -0.0400. The van der Waals surface area contributed by atoms with E-state index >= 15 is 0 Å². The molecule has 0 saturated carbocycles. The molecule has 0 amide bonds. The molecule has 0 heterocycles. The standard InChI is InChI=1S/C16H34O/c1-6-13(2)9-7-10-14(3)11-8-12-15(4)16(5)17/h13-17H,6-12H2,1-5H3/t13-,14+,15+,16-/m1/s1. The molecule has 0 aliphatic heterocycles. The Kier molecular flexibility index (Phi) is 9.91. The molecule has 17 heavy (non-hydrogen) atoms. The van der Waals surface area contributed by atoms with Crippen LogP contribution in [0.1, 0.15) is 79.6 Å². The van der Waals surface area contributed by atoms with E-state index in [1.807, 2.05) is 6.92 Å². The fourth-order valence-corrected chi connectivity index (χ4v) is 2.19. The summed E-state index contributed by atoms with van der Waals surface area (Å²) in [4.78, 5) is 0. The van der Waals surface area contributed by atoms with Gasteiger partial charge in [0.15, 0.2) is 0 Å². The van der Waals surface area contributed by atoms with E-state index in [1.54, 1.807) is 0 Å². The van der Waals surface area contributed by atoms with E-state index in [4.69, 9.17) is 0 Å². The van der Waals surface area contributed by atoms with Gasteiger partial charge in [0.1, 0.15) is 0 Å². The van der Waals surface area contributed by atoms with Crippen LogP contribution in [-0.2, 0) is 0 Å². The fraction of sp³-hybridized carbons (Fsp3) is 1.00. The smallest absolute Gasteiger partial charge is 0.0537 e. The summed E-state index contributed by atoms with van der Waals surface area (Å²) in [5.41, 5.74) is 0. The first-order valence-electron chi connectivity index (χ1n) is 7.65. The summed E-state index contributed by atoms with van der Waals surface area (Å²) < 4.78 is 0. The summed E-state index contributed by atoms with van der Waals surface area (Å²) in [6.07, 6.45) is 9.12. The first-order valence-corrected chi connectivity index (χ1v) is 7.65. The minimum atomic E-state index is -0.143. The van der Waals surface area contributed by atoms with E-state index in [1.165, 1.54) is 44.9 Å². The maximum atomic E-state index is 9.42. The summed E-state index contributed by atoms with van der Waals surface area (Å²) in [5, 5.41) is 9.42. The van der Waals surface area contributed by atoms with Gasteiger partial charge in [-0.2, -0.15) is 0 Å². The molecule has 1 nitrogen and oxygen atoms in total. The van der Waals surface area contributed by atoms with E-state index in [-0.39, 0.29) is 6.10 Å². The van der Waals surface area contributed by atoms with Crippen molar-refractivity contribution >= 4 is 0 Å². The molecular weight excluding hydrogens is 208 g/mol. The zero-order valence-corrected chi connectivity index (χ0v) is 12.7. The van der Waals surface area contributed by atoms with Crippen molar-refractivity contribution in [3.8, 4) is 0 Å². The molecule has 0 fully saturated rings. The topological polar surface area (TPSA) is 20.2 Å². The highest BCUT2D eigenvalue weighted by molar-refractivity contribution is 4.62. The summed E-state index contributed by atoms with van der Waals surface area (Å²) in [5.74, 6) is 2.22. The second-order valence-electron chi connectivity index (χ2n) is 6.20. The normalized spacial score (nSPS) is 18.7. The van der Waals surface area contributed by atoms with Gasteiger partial charge < -0.3 is 5.11 Å². The summed E-state index contributed by atoms with van der Waals surface area (Å²) in [6, 6.07) is 0. The van der Waals surface area contributed by atoms with Gasteiger partial charge in [-0.25, -0.2) is 0 Å². The lowest BCUT2D eigenvalue weighted by Gasteiger charge is -2.16. The van der Waals surface area contributed by atoms with Crippen LogP contribution < -0.4 is 0 Å². The third kappa shape index (κ3) is 9.64. The first-order chi connectivity index (χ1) is 7.97. The third-order valence-electron chi connectivity index (χ3n) is 4.27. The zero-order chi connectivity index (χ0) is 13.3. The second kappa shape index (κ2) is 9.94. The lowest BCUT2D eigenvalue weighted by molar-refractivity contribution is 0.127. The Morgan fingerprint density at radius 3 is 1.71 bits per heavy atom. The van der Waals surface area contributed by atoms with Crippen LogP contribution in [0.5, 0.6) is 0 Å². The SMILES string of the molecule is CC[C@@H](C)CCC[C@H](C)CCC[C@H](C)[C@@H](C)O. The Morgan fingerprint density at radius 2 is 1.24 bits per heavy atom. The first kappa shape index (κ1) is 17.0. The lowest BCUT2D eigenvalue weighted by Crippen LogP contribution is -2.13. The number of rotatable bonds is 10. The molecule has 0 aromatic carbocycles. The quantitative estimate of drug-likeness (QED) is 0.570. The lowest BCUT2D eigenvalue weighted by atomic mass is 9.91. The van der Waals surface area contributed by atoms with Gasteiger partial charge in [0.2, 0.25) is 0 Å². The molecule has 0 aromatic rings. The predicted molar refractivity (Wildman–Crippen MR) is 77.2 cm³/mol. The van der Waals surface area contributed by atoms with Crippen LogP contribution >= 0.6 is 0 Å². The maximum Gasteiger partial charge on any atom is 0.0537 e. The van der Waals surface area contributed by atoms with Crippen LogP contribution in [0.2, 0.25) is 0 Å². The van der Waals surface area contributed by atoms with Gasteiger partial charge >= 0.3 is 0 Å². The molecule has 0 bridgehead atoms. The van der Waals surface area contributed by atoms with Gasteiger partial charge in [-0.1, -0.05) is 66.2 Å². The highest BCUT2D eigenvalue weighted by atomic mass is 16.3. The third-order valence-corrected chi connectivity index (χ3v) is 4.27. The minimum Gasteiger partial charge on any atom is -0.393 e. The minimum absolute atomic E-state index is 0.143. The van der Waals surface area contributed by atoms with Crippen molar-refractivity contribution in [3.05, 3.63) is 0 Å². The number of aliphatic hydroxyl groups is 1. The highest BCUT2D eigenvalue weighted by Crippen LogP contribution is 2.20. The van der Waals surface area contributed by atoms with Crippen molar-refractivity contribution in [2.45, 2.75) is 85.7 Å². The fourth-order valence-electron chi connectivity index (χ4n) is 2.19. The Morgan fingerprint density at radius 1 is 0.765 bits per heavy atom. The van der Waals surface area contributed by atoms with E-state index in [9.17, 15) is 5.11 Å². The predicted octanol–water partition coefficient (Wildman–Crippen LogP) is 5.03. The Labute approximate surface area is 109 Å². The van der Waals surface area contributed by atoms with E-state index in [0.717, 1.165) is 11.8 Å². The summed E-state index contributed by atoms with van der Waals surface area (Å²) in [7, 11) is 0. The molecule has 0 unspecified atom stereocenters. The molecule has 0 rings (SSSR count). The van der Waals surface area contributed by atoms with Gasteiger partial charge in [-0.15, -0.1) is 0 Å². The molecule has 0 aliphatic rings. The van der Waals surface area contributed by atoms with Crippen LogP contribution in [0.4, 0.5) is 0 Å². The van der Waals surface area contributed by atoms with Gasteiger partial charge in [-0.3, -0.25) is 0 Å². The Balaban J connectivity index is 3.43. The average Bonchev–Trinajstić information content (AvgIpc) is 2.28. The number of aliphatic hydroxyl groups excluding tert-OH is 1. The van der Waals surface area contributed by atoms with E-state index in [0.29, 0.717) is 5.92 Å². The van der Waals surface area contributed by atoms with Crippen LogP contribution in [0.3, 0.4) is 0 Å². The number of hydrogen-bond acceptors (Lipinski definition) is 1. The maximum absolute atomic E-state index is 9.42. The van der Waals surface area contributed by atoms with Crippen molar-refractivity contribution < 1.29 is 5.11 Å². The van der Waals surface area contributed by atoms with Crippen molar-refractivity contribution in [1.29, 1.82) is 0 Å². The van der Waals surface area contributed by atoms with Gasteiger partial charge in [-0.05, 0) is 31.1 Å². The molecule has 104 valence electrons. The van der Waals surface area contributed by atoms with Crippen molar-refractivity contribution in [3.63, 3.8) is 0 Å². The summed E-state index contributed by atoms with van der Waals surface area (Å²) in [6.45, 7) is 11.1. The Bertz CT molecular complexity index is 165. The molecule has 0 aromatic heterocycles. The number of hydrogen-bond donors (Lipinski definition) is 1. The second-order valence-corrected chi connectivity index (χ2v) is 6.20. The molecule has 0 aliphatic carbocycles. The molecule has 0 saturated heterocycles. The molecule has 4 atom stereocenters. The summed E-state index contributed by atoms with van der Waals surface area (Å²) >= 11 is 0. The molecule has 0 spiro atoms. The highest BCUT2D eigenvalue weighted by Gasteiger charge is 2.09. The van der Waals surface area contributed by atoms with Crippen molar-refractivity contribution in [2.75, 3.05) is 0 Å². The van der Waals surface area contributed by atoms with Crippen LogP contribution in [-0.4, -0.2) is 11.2 Å². The van der Waals surface area contributed by atoms with Crippen molar-refractivity contribution in [1.82, 2.24) is 0 Å². The average molecular weight is 242 g/mol.